The lowest BCUT2D eigenvalue weighted by Crippen LogP contribution is -2.17. The van der Waals surface area contributed by atoms with Gasteiger partial charge in [-0.15, -0.1) is 0 Å². The highest BCUT2D eigenvalue weighted by Crippen LogP contribution is 2.29. The molecule has 0 spiro atoms. The minimum atomic E-state index is -0.871. The fourth-order valence-corrected chi connectivity index (χ4v) is 2.12. The number of aliphatic carboxylic acids is 1. The van der Waals surface area contributed by atoms with E-state index < -0.39 is 17.7 Å². The average Bonchev–Trinajstić information content (AvgIpc) is 2.78. The van der Waals surface area contributed by atoms with Gasteiger partial charge < -0.3 is 10.4 Å². The van der Waals surface area contributed by atoms with Crippen LogP contribution in [0.25, 0.3) is 0 Å². The number of carbonyl (C=O) groups is 2. The van der Waals surface area contributed by atoms with Gasteiger partial charge in [0.05, 0.1) is 5.92 Å². The van der Waals surface area contributed by atoms with Gasteiger partial charge in [0.1, 0.15) is 12.1 Å². The molecule has 2 unspecified atom stereocenters. The van der Waals surface area contributed by atoms with Crippen LogP contribution < -0.4 is 5.32 Å². The standard InChI is InChI=1S/C12H12FNO3/c13-9-2-1-7(6-15)10(4-9)11-3-8(5-14-11)12(16)17/h1-2,4,6,8,11,14H,3,5H2,(H,16,17). The maximum Gasteiger partial charge on any atom is 0.307 e. The molecule has 4 nitrogen and oxygen atoms in total. The summed E-state index contributed by atoms with van der Waals surface area (Å²) >= 11 is 0. The van der Waals surface area contributed by atoms with Gasteiger partial charge in [-0.05, 0) is 30.2 Å². The smallest absolute Gasteiger partial charge is 0.307 e. The van der Waals surface area contributed by atoms with Crippen LogP contribution in [0.3, 0.4) is 0 Å². The summed E-state index contributed by atoms with van der Waals surface area (Å²) in [6.07, 6.45) is 1.03. The number of hydrogen-bond acceptors (Lipinski definition) is 3. The molecule has 2 rings (SSSR count). The van der Waals surface area contributed by atoms with E-state index in [1.54, 1.807) is 0 Å². The van der Waals surface area contributed by atoms with E-state index in [9.17, 15) is 14.0 Å². The molecule has 1 aromatic carbocycles. The lowest BCUT2D eigenvalue weighted by molar-refractivity contribution is -0.141. The second-order valence-corrected chi connectivity index (χ2v) is 4.12. The molecule has 2 N–H and O–H groups in total. The Bertz CT molecular complexity index is 461. The lowest BCUT2D eigenvalue weighted by atomic mass is 9.96. The zero-order valence-electron chi connectivity index (χ0n) is 9.02. The van der Waals surface area contributed by atoms with Crippen molar-refractivity contribution in [3.05, 3.63) is 35.1 Å². The van der Waals surface area contributed by atoms with Crippen molar-refractivity contribution < 1.29 is 19.1 Å². The summed E-state index contributed by atoms with van der Waals surface area (Å²) in [5.74, 6) is -1.78. The Morgan fingerprint density at radius 2 is 2.29 bits per heavy atom. The van der Waals surface area contributed by atoms with Gasteiger partial charge in [0.2, 0.25) is 0 Å². The van der Waals surface area contributed by atoms with E-state index in [2.05, 4.69) is 5.32 Å². The fourth-order valence-electron chi connectivity index (χ4n) is 2.12. The maximum atomic E-state index is 13.1. The predicted octanol–water partition coefficient (Wildman–Crippen LogP) is 1.37. The van der Waals surface area contributed by atoms with E-state index >= 15 is 0 Å². The average molecular weight is 237 g/mol. The second kappa shape index (κ2) is 4.63. The first kappa shape index (κ1) is 11.7. The van der Waals surface area contributed by atoms with Crippen molar-refractivity contribution in [1.82, 2.24) is 5.32 Å². The molecule has 1 aromatic rings. The summed E-state index contributed by atoms with van der Waals surface area (Å²) in [4.78, 5) is 21.7. The van der Waals surface area contributed by atoms with Crippen molar-refractivity contribution >= 4 is 12.3 Å². The number of carbonyl (C=O) groups excluding carboxylic acids is 1. The fraction of sp³-hybridized carbons (Fsp3) is 0.333. The van der Waals surface area contributed by atoms with E-state index in [1.165, 1.54) is 18.2 Å². The topological polar surface area (TPSA) is 66.4 Å². The summed E-state index contributed by atoms with van der Waals surface area (Å²) in [6.45, 7) is 0.342. The molecule has 1 aliphatic heterocycles. The molecule has 0 saturated carbocycles. The molecule has 0 aromatic heterocycles. The zero-order valence-corrected chi connectivity index (χ0v) is 9.02. The van der Waals surface area contributed by atoms with Gasteiger partial charge in [0.15, 0.2) is 0 Å². The second-order valence-electron chi connectivity index (χ2n) is 4.12. The summed E-state index contributed by atoms with van der Waals surface area (Å²) in [7, 11) is 0. The van der Waals surface area contributed by atoms with E-state index in [4.69, 9.17) is 5.11 Å². The van der Waals surface area contributed by atoms with Crippen LogP contribution in [0.4, 0.5) is 4.39 Å². The summed E-state index contributed by atoms with van der Waals surface area (Å²) in [6, 6.07) is 3.64. The normalized spacial score (nSPS) is 23.6. The Morgan fingerprint density at radius 3 is 2.88 bits per heavy atom. The quantitative estimate of drug-likeness (QED) is 0.779. The lowest BCUT2D eigenvalue weighted by Gasteiger charge is -2.13. The maximum absolute atomic E-state index is 13.1. The van der Waals surface area contributed by atoms with Crippen LogP contribution in [0.1, 0.15) is 28.4 Å². The van der Waals surface area contributed by atoms with Crippen LogP contribution in [0.5, 0.6) is 0 Å². The van der Waals surface area contributed by atoms with Crippen LogP contribution >= 0.6 is 0 Å². The highest BCUT2D eigenvalue weighted by molar-refractivity contribution is 5.78. The van der Waals surface area contributed by atoms with Crippen molar-refractivity contribution in [2.75, 3.05) is 6.54 Å². The van der Waals surface area contributed by atoms with Crippen LogP contribution in [0.2, 0.25) is 0 Å². The number of aldehydes is 1. The Kier molecular flexibility index (Phi) is 3.19. The number of nitrogens with one attached hydrogen (secondary N) is 1. The number of halogens is 1. The molecule has 1 saturated heterocycles. The largest absolute Gasteiger partial charge is 0.481 e. The summed E-state index contributed by atoms with van der Waals surface area (Å²) in [5, 5.41) is 11.9. The van der Waals surface area contributed by atoms with E-state index in [0.717, 1.165) is 0 Å². The molecular formula is C12H12FNO3. The molecule has 17 heavy (non-hydrogen) atoms. The molecule has 2 atom stereocenters. The minimum Gasteiger partial charge on any atom is -0.481 e. The van der Waals surface area contributed by atoms with E-state index in [0.29, 0.717) is 30.4 Å². The van der Waals surface area contributed by atoms with E-state index in [-0.39, 0.29) is 6.04 Å². The molecular weight excluding hydrogens is 225 g/mol. The van der Waals surface area contributed by atoms with Gasteiger partial charge >= 0.3 is 5.97 Å². The van der Waals surface area contributed by atoms with Crippen molar-refractivity contribution in [2.24, 2.45) is 5.92 Å². The first-order valence-electron chi connectivity index (χ1n) is 5.32. The third-order valence-electron chi connectivity index (χ3n) is 3.03. The third kappa shape index (κ3) is 2.34. The number of carboxylic acids is 1. The van der Waals surface area contributed by atoms with Crippen LogP contribution in [-0.4, -0.2) is 23.9 Å². The van der Waals surface area contributed by atoms with Crippen LogP contribution in [0, 0.1) is 11.7 Å². The van der Waals surface area contributed by atoms with Crippen molar-refractivity contribution in [1.29, 1.82) is 0 Å². The van der Waals surface area contributed by atoms with Crippen molar-refractivity contribution in [3.8, 4) is 0 Å². The van der Waals surface area contributed by atoms with Crippen molar-refractivity contribution in [2.45, 2.75) is 12.5 Å². The SMILES string of the molecule is O=Cc1ccc(F)cc1C1CC(C(=O)O)CN1. The van der Waals surface area contributed by atoms with Gasteiger partial charge in [0.25, 0.3) is 0 Å². The minimum absolute atomic E-state index is 0.271. The Labute approximate surface area is 97.4 Å². The predicted molar refractivity (Wildman–Crippen MR) is 58.3 cm³/mol. The van der Waals surface area contributed by atoms with Gasteiger partial charge in [-0.2, -0.15) is 0 Å². The first-order chi connectivity index (χ1) is 8.11. The molecule has 0 radical (unpaired) electrons. The summed E-state index contributed by atoms with van der Waals surface area (Å²) < 4.78 is 13.1. The molecule has 0 aliphatic carbocycles. The molecule has 90 valence electrons. The highest BCUT2D eigenvalue weighted by atomic mass is 19.1. The Hall–Kier alpha value is -1.75. The number of hydrogen-bond donors (Lipinski definition) is 2. The Balaban J connectivity index is 2.26. The number of rotatable bonds is 3. The van der Waals surface area contributed by atoms with Gasteiger partial charge in [0, 0.05) is 18.2 Å². The molecule has 5 heteroatoms. The first-order valence-corrected chi connectivity index (χ1v) is 5.32. The molecule has 0 amide bonds. The number of carboxylic acid groups (broad SMARTS) is 1. The highest BCUT2D eigenvalue weighted by Gasteiger charge is 2.31. The Morgan fingerprint density at radius 1 is 1.53 bits per heavy atom. The summed E-state index contributed by atoms with van der Waals surface area (Å²) in [5.41, 5.74) is 0.929. The molecule has 0 bridgehead atoms. The van der Waals surface area contributed by atoms with Gasteiger partial charge in [-0.25, -0.2) is 4.39 Å². The van der Waals surface area contributed by atoms with Crippen LogP contribution in [-0.2, 0) is 4.79 Å². The zero-order chi connectivity index (χ0) is 12.4. The van der Waals surface area contributed by atoms with Crippen molar-refractivity contribution in [3.63, 3.8) is 0 Å². The van der Waals surface area contributed by atoms with Crippen LogP contribution in [0.15, 0.2) is 18.2 Å². The van der Waals surface area contributed by atoms with E-state index in [1.807, 2.05) is 0 Å². The van der Waals surface area contributed by atoms with Gasteiger partial charge in [-0.1, -0.05) is 0 Å². The number of benzene rings is 1. The van der Waals surface area contributed by atoms with Gasteiger partial charge in [-0.3, -0.25) is 9.59 Å². The molecule has 1 aliphatic rings. The third-order valence-corrected chi connectivity index (χ3v) is 3.03. The molecule has 1 fully saturated rings. The monoisotopic (exact) mass is 237 g/mol. The molecule has 1 heterocycles.